The van der Waals surface area contributed by atoms with Gasteiger partial charge in [-0.1, -0.05) is 18.7 Å². The van der Waals surface area contributed by atoms with Crippen molar-refractivity contribution in [1.82, 2.24) is 24.5 Å². The minimum atomic E-state index is 0.207. The summed E-state index contributed by atoms with van der Waals surface area (Å²) in [5.74, 6) is 1.60. The predicted octanol–water partition coefficient (Wildman–Crippen LogP) is 4.27. The highest BCUT2D eigenvalue weighted by molar-refractivity contribution is 7.99. The Morgan fingerprint density at radius 1 is 1.21 bits per heavy atom. The number of hydrogen-bond acceptors (Lipinski definition) is 6. The van der Waals surface area contributed by atoms with Gasteiger partial charge in [-0.3, -0.25) is 9.20 Å². The van der Waals surface area contributed by atoms with Gasteiger partial charge < -0.3 is 4.90 Å². The zero-order valence-corrected chi connectivity index (χ0v) is 18.7. The first-order chi connectivity index (χ1) is 14.2. The second-order valence-corrected chi connectivity index (χ2v) is 10.2. The Hall–Kier alpha value is -1.67. The number of amides is 1. The Balaban J connectivity index is 1.49. The molecule has 1 unspecified atom stereocenters. The summed E-state index contributed by atoms with van der Waals surface area (Å²) >= 11 is 3.33. The van der Waals surface area contributed by atoms with Crippen LogP contribution in [0.15, 0.2) is 5.16 Å². The summed E-state index contributed by atoms with van der Waals surface area (Å²) in [6.07, 6.45) is 9.02. The molecule has 4 heterocycles. The number of nitrogens with zero attached hydrogens (tertiary/aromatic N) is 5. The van der Waals surface area contributed by atoms with Gasteiger partial charge in [0.15, 0.2) is 10.8 Å². The van der Waals surface area contributed by atoms with E-state index >= 15 is 0 Å². The fourth-order valence-corrected chi connectivity index (χ4v) is 6.81. The van der Waals surface area contributed by atoms with Crippen molar-refractivity contribution in [3.05, 3.63) is 16.3 Å². The van der Waals surface area contributed by atoms with E-state index in [1.807, 2.05) is 16.2 Å². The van der Waals surface area contributed by atoms with Crippen molar-refractivity contribution >= 4 is 44.9 Å². The van der Waals surface area contributed by atoms with Crippen molar-refractivity contribution in [3.8, 4) is 0 Å². The SMILES string of the molecule is CCc1nc2sc3c(c2c2nnc(SCC(=O)N4CCCCC4C)n12)CCCC3. The Labute approximate surface area is 179 Å². The highest BCUT2D eigenvalue weighted by atomic mass is 32.2. The molecule has 0 spiro atoms. The van der Waals surface area contributed by atoms with Gasteiger partial charge >= 0.3 is 0 Å². The molecule has 2 aliphatic rings. The van der Waals surface area contributed by atoms with Crippen LogP contribution in [-0.4, -0.2) is 48.7 Å². The quantitative estimate of drug-likeness (QED) is 0.580. The third-order valence-electron chi connectivity index (χ3n) is 6.26. The molecule has 8 heteroatoms. The minimum Gasteiger partial charge on any atom is -0.339 e. The van der Waals surface area contributed by atoms with E-state index in [1.165, 1.54) is 46.9 Å². The molecular weight excluding hydrogens is 402 g/mol. The zero-order chi connectivity index (χ0) is 20.0. The summed E-state index contributed by atoms with van der Waals surface area (Å²) in [7, 11) is 0. The molecule has 3 aromatic heterocycles. The number of likely N-dealkylation sites (tertiary alicyclic amines) is 1. The Morgan fingerprint density at radius 2 is 2.07 bits per heavy atom. The second kappa shape index (κ2) is 7.87. The topological polar surface area (TPSA) is 63.4 Å². The molecule has 29 heavy (non-hydrogen) atoms. The van der Waals surface area contributed by atoms with E-state index in [0.717, 1.165) is 60.1 Å². The van der Waals surface area contributed by atoms with E-state index in [0.29, 0.717) is 11.8 Å². The smallest absolute Gasteiger partial charge is 0.233 e. The molecule has 0 aromatic carbocycles. The number of carbonyl (C=O) groups excluding carboxylic acids is 1. The summed E-state index contributed by atoms with van der Waals surface area (Å²) in [5, 5.41) is 11.0. The van der Waals surface area contributed by atoms with E-state index in [-0.39, 0.29) is 5.91 Å². The highest BCUT2D eigenvalue weighted by Gasteiger charge is 2.26. The summed E-state index contributed by atoms with van der Waals surface area (Å²) in [6.45, 7) is 5.16. The zero-order valence-electron chi connectivity index (χ0n) is 17.1. The lowest BCUT2D eigenvalue weighted by atomic mass is 9.97. The lowest BCUT2D eigenvalue weighted by Gasteiger charge is -2.33. The second-order valence-electron chi connectivity index (χ2n) is 8.13. The van der Waals surface area contributed by atoms with Gasteiger partial charge in [-0.2, -0.15) is 0 Å². The average Bonchev–Trinajstić information content (AvgIpc) is 3.32. The highest BCUT2D eigenvalue weighted by Crippen LogP contribution is 2.38. The molecule has 1 atom stereocenters. The predicted molar refractivity (Wildman–Crippen MR) is 118 cm³/mol. The van der Waals surface area contributed by atoms with Crippen molar-refractivity contribution < 1.29 is 4.79 Å². The number of aromatic nitrogens is 4. The molecule has 1 amide bonds. The summed E-state index contributed by atoms with van der Waals surface area (Å²) < 4.78 is 2.10. The van der Waals surface area contributed by atoms with Gasteiger partial charge in [-0.25, -0.2) is 4.98 Å². The van der Waals surface area contributed by atoms with Crippen LogP contribution in [0.2, 0.25) is 0 Å². The molecule has 6 nitrogen and oxygen atoms in total. The summed E-state index contributed by atoms with van der Waals surface area (Å²) in [4.78, 5) is 22.4. The third-order valence-corrected chi connectivity index (χ3v) is 8.36. The van der Waals surface area contributed by atoms with Crippen LogP contribution in [-0.2, 0) is 24.1 Å². The lowest BCUT2D eigenvalue weighted by molar-refractivity contribution is -0.131. The first-order valence-corrected chi connectivity index (χ1v) is 12.6. The van der Waals surface area contributed by atoms with E-state index in [9.17, 15) is 4.79 Å². The lowest BCUT2D eigenvalue weighted by Crippen LogP contribution is -2.42. The van der Waals surface area contributed by atoms with Gasteiger partial charge in [0.25, 0.3) is 0 Å². The maximum Gasteiger partial charge on any atom is 0.233 e. The first-order valence-electron chi connectivity index (χ1n) is 10.8. The van der Waals surface area contributed by atoms with Crippen LogP contribution < -0.4 is 0 Å². The van der Waals surface area contributed by atoms with E-state index < -0.39 is 0 Å². The van der Waals surface area contributed by atoms with Gasteiger partial charge in [0.1, 0.15) is 10.7 Å². The number of piperidine rings is 1. The van der Waals surface area contributed by atoms with Crippen molar-refractivity contribution in [2.75, 3.05) is 12.3 Å². The van der Waals surface area contributed by atoms with E-state index in [4.69, 9.17) is 4.98 Å². The Bertz CT molecular complexity index is 1070. The van der Waals surface area contributed by atoms with Gasteiger partial charge in [0, 0.05) is 23.9 Å². The van der Waals surface area contributed by atoms with Gasteiger partial charge in [-0.15, -0.1) is 21.5 Å². The van der Waals surface area contributed by atoms with Gasteiger partial charge in [0.05, 0.1) is 11.1 Å². The Morgan fingerprint density at radius 3 is 2.90 bits per heavy atom. The standard InChI is InChI=1S/C21H27N5OS2/c1-3-16-22-20-18(14-9-4-5-10-15(14)29-20)19-23-24-21(26(16)19)28-12-17(27)25-11-7-6-8-13(25)2/h13H,3-12H2,1-2H3. The molecule has 1 aliphatic carbocycles. The largest absolute Gasteiger partial charge is 0.339 e. The van der Waals surface area contributed by atoms with Crippen LogP contribution >= 0.6 is 23.1 Å². The van der Waals surface area contributed by atoms with Crippen LogP contribution in [0, 0.1) is 0 Å². The third kappa shape index (κ3) is 3.34. The van der Waals surface area contributed by atoms with Crippen molar-refractivity contribution in [3.63, 3.8) is 0 Å². The molecule has 0 saturated carbocycles. The van der Waals surface area contributed by atoms with Crippen LogP contribution in [0.25, 0.3) is 15.9 Å². The van der Waals surface area contributed by atoms with Crippen molar-refractivity contribution in [2.45, 2.75) is 76.4 Å². The first kappa shape index (κ1) is 19.3. The van der Waals surface area contributed by atoms with Gasteiger partial charge in [-0.05, 0) is 57.4 Å². The molecule has 1 saturated heterocycles. The van der Waals surface area contributed by atoms with Crippen LogP contribution in [0.5, 0.6) is 0 Å². The molecule has 0 radical (unpaired) electrons. The number of fused-ring (bicyclic) bond motifs is 5. The fourth-order valence-electron chi connectivity index (χ4n) is 4.70. The van der Waals surface area contributed by atoms with Crippen LogP contribution in [0.3, 0.4) is 0 Å². The van der Waals surface area contributed by atoms with E-state index in [1.54, 1.807) is 0 Å². The molecule has 0 bridgehead atoms. The van der Waals surface area contributed by atoms with Crippen molar-refractivity contribution in [1.29, 1.82) is 0 Å². The number of rotatable bonds is 4. The minimum absolute atomic E-state index is 0.207. The number of aryl methyl sites for hydroxylation is 3. The molecular formula is C21H27N5OS2. The fraction of sp³-hybridized carbons (Fsp3) is 0.619. The Kier molecular flexibility index (Phi) is 5.24. The van der Waals surface area contributed by atoms with Gasteiger partial charge in [0.2, 0.25) is 5.91 Å². The van der Waals surface area contributed by atoms with Crippen molar-refractivity contribution in [2.24, 2.45) is 0 Å². The number of carbonyl (C=O) groups is 1. The number of thiophene rings is 1. The molecule has 1 aliphatic heterocycles. The normalized spacial score (nSPS) is 19.8. The molecule has 5 rings (SSSR count). The molecule has 0 N–H and O–H groups in total. The maximum atomic E-state index is 12.8. The monoisotopic (exact) mass is 429 g/mol. The molecule has 3 aromatic rings. The van der Waals surface area contributed by atoms with Crippen LogP contribution in [0.1, 0.15) is 62.2 Å². The van der Waals surface area contributed by atoms with Crippen LogP contribution in [0.4, 0.5) is 0 Å². The maximum absolute atomic E-state index is 12.8. The molecule has 1 fully saturated rings. The molecule has 154 valence electrons. The number of thioether (sulfide) groups is 1. The number of hydrogen-bond donors (Lipinski definition) is 0. The average molecular weight is 430 g/mol. The summed E-state index contributed by atoms with van der Waals surface area (Å²) in [5.41, 5.74) is 2.35. The van der Waals surface area contributed by atoms with E-state index in [2.05, 4.69) is 28.4 Å². The summed E-state index contributed by atoms with van der Waals surface area (Å²) in [6, 6.07) is 0.344.